The average molecular weight is 244 g/mol. The van der Waals surface area contributed by atoms with Crippen LogP contribution in [-0.4, -0.2) is 34.8 Å². The van der Waals surface area contributed by atoms with Crippen LogP contribution < -0.4 is 10.6 Å². The van der Waals surface area contributed by atoms with Crippen LogP contribution in [0.4, 0.5) is 11.6 Å². The lowest BCUT2D eigenvalue weighted by atomic mass is 10.1. The number of aliphatic hydroxyl groups is 1. The first kappa shape index (κ1) is 11.2. The van der Waals surface area contributed by atoms with Crippen LogP contribution >= 0.6 is 0 Å². The topological polar surface area (TPSA) is 75.3 Å². The van der Waals surface area contributed by atoms with Crippen molar-refractivity contribution in [2.45, 2.75) is 6.42 Å². The Balaban J connectivity index is 1.99. The number of aliphatic hydroxyl groups excluding tert-OH is 1. The molecule has 94 valence electrons. The fraction of sp³-hybridized carbons (Fsp3) is 0.385. The average Bonchev–Trinajstić information content (AvgIpc) is 2.86. The van der Waals surface area contributed by atoms with Crippen molar-refractivity contribution in [3.63, 3.8) is 0 Å². The van der Waals surface area contributed by atoms with E-state index in [0.717, 1.165) is 36.4 Å². The zero-order valence-electron chi connectivity index (χ0n) is 10.1. The zero-order valence-corrected chi connectivity index (χ0v) is 10.1. The molecule has 0 saturated carbocycles. The van der Waals surface area contributed by atoms with Gasteiger partial charge in [-0.3, -0.25) is 0 Å². The van der Waals surface area contributed by atoms with Gasteiger partial charge in [-0.25, -0.2) is 9.97 Å². The molecule has 2 heterocycles. The van der Waals surface area contributed by atoms with Crippen molar-refractivity contribution in [2.75, 3.05) is 30.3 Å². The first-order valence-corrected chi connectivity index (χ1v) is 6.16. The van der Waals surface area contributed by atoms with Gasteiger partial charge in [0.2, 0.25) is 0 Å². The highest BCUT2D eigenvalue weighted by molar-refractivity contribution is 5.79. The van der Waals surface area contributed by atoms with Crippen molar-refractivity contribution in [1.82, 2.24) is 9.97 Å². The molecule has 0 bridgehead atoms. The Kier molecular flexibility index (Phi) is 2.76. The van der Waals surface area contributed by atoms with Crippen LogP contribution in [0.25, 0.3) is 11.0 Å². The van der Waals surface area contributed by atoms with Gasteiger partial charge in [0.15, 0.2) is 11.6 Å². The molecular weight excluding hydrogens is 228 g/mol. The van der Waals surface area contributed by atoms with E-state index in [1.807, 2.05) is 24.3 Å². The van der Waals surface area contributed by atoms with Crippen molar-refractivity contribution in [2.24, 2.45) is 5.92 Å². The van der Waals surface area contributed by atoms with E-state index in [-0.39, 0.29) is 6.61 Å². The minimum Gasteiger partial charge on any atom is -0.396 e. The maximum Gasteiger partial charge on any atom is 0.172 e. The molecular formula is C13H16N4O. The van der Waals surface area contributed by atoms with Crippen molar-refractivity contribution >= 4 is 22.7 Å². The molecule has 3 rings (SSSR count). The third-order valence-corrected chi connectivity index (χ3v) is 3.42. The number of aromatic nitrogens is 2. The number of hydrogen-bond donors (Lipinski definition) is 2. The molecule has 1 unspecified atom stereocenters. The highest BCUT2D eigenvalue weighted by Crippen LogP contribution is 2.27. The first-order valence-electron chi connectivity index (χ1n) is 6.16. The molecule has 2 aromatic rings. The Bertz CT molecular complexity index is 572. The van der Waals surface area contributed by atoms with E-state index in [0.29, 0.717) is 11.7 Å². The van der Waals surface area contributed by atoms with Crippen LogP contribution in [0.2, 0.25) is 0 Å². The Morgan fingerprint density at radius 3 is 2.67 bits per heavy atom. The number of hydrogen-bond acceptors (Lipinski definition) is 5. The largest absolute Gasteiger partial charge is 0.396 e. The molecule has 5 heteroatoms. The van der Waals surface area contributed by atoms with Gasteiger partial charge in [0.25, 0.3) is 0 Å². The maximum atomic E-state index is 9.18. The van der Waals surface area contributed by atoms with Gasteiger partial charge in [-0.2, -0.15) is 0 Å². The Morgan fingerprint density at radius 2 is 2.00 bits per heavy atom. The van der Waals surface area contributed by atoms with Crippen LogP contribution in [0.5, 0.6) is 0 Å². The molecule has 1 saturated heterocycles. The normalized spacial score (nSPS) is 19.6. The van der Waals surface area contributed by atoms with Gasteiger partial charge in [-0.15, -0.1) is 0 Å². The number of anilines is 2. The van der Waals surface area contributed by atoms with E-state index >= 15 is 0 Å². The highest BCUT2D eigenvalue weighted by Gasteiger charge is 2.24. The van der Waals surface area contributed by atoms with Gasteiger partial charge >= 0.3 is 0 Å². The van der Waals surface area contributed by atoms with Crippen LogP contribution in [0.15, 0.2) is 24.3 Å². The van der Waals surface area contributed by atoms with E-state index in [4.69, 9.17) is 5.73 Å². The molecule has 0 radical (unpaired) electrons. The molecule has 0 spiro atoms. The lowest BCUT2D eigenvalue weighted by Crippen LogP contribution is -2.23. The summed E-state index contributed by atoms with van der Waals surface area (Å²) in [4.78, 5) is 11.1. The van der Waals surface area contributed by atoms with Crippen LogP contribution in [0, 0.1) is 5.92 Å². The molecule has 18 heavy (non-hydrogen) atoms. The van der Waals surface area contributed by atoms with Crippen molar-refractivity contribution < 1.29 is 5.11 Å². The number of rotatable bonds is 2. The van der Waals surface area contributed by atoms with E-state index in [9.17, 15) is 5.11 Å². The summed E-state index contributed by atoms with van der Waals surface area (Å²) in [7, 11) is 0. The fourth-order valence-electron chi connectivity index (χ4n) is 2.41. The molecule has 5 nitrogen and oxygen atoms in total. The molecule has 3 N–H and O–H groups in total. The summed E-state index contributed by atoms with van der Waals surface area (Å²) in [5.41, 5.74) is 7.65. The van der Waals surface area contributed by atoms with E-state index in [1.165, 1.54) is 0 Å². The maximum absolute atomic E-state index is 9.18. The fourth-order valence-corrected chi connectivity index (χ4v) is 2.41. The Labute approximate surface area is 105 Å². The van der Waals surface area contributed by atoms with Crippen LogP contribution in [-0.2, 0) is 0 Å². The summed E-state index contributed by atoms with van der Waals surface area (Å²) in [5.74, 6) is 1.52. The summed E-state index contributed by atoms with van der Waals surface area (Å²) in [6.45, 7) is 1.90. The summed E-state index contributed by atoms with van der Waals surface area (Å²) in [6, 6.07) is 7.71. The number of para-hydroxylation sites is 2. The lowest BCUT2D eigenvalue weighted by Gasteiger charge is -2.18. The predicted octanol–water partition coefficient (Wildman–Crippen LogP) is 1.03. The molecule has 1 aliphatic rings. The highest BCUT2D eigenvalue weighted by atomic mass is 16.3. The van der Waals surface area contributed by atoms with Crippen LogP contribution in [0.1, 0.15) is 6.42 Å². The monoisotopic (exact) mass is 244 g/mol. The van der Waals surface area contributed by atoms with E-state index in [1.54, 1.807) is 0 Å². The number of benzene rings is 1. The Hall–Kier alpha value is -1.88. The predicted molar refractivity (Wildman–Crippen MR) is 71.4 cm³/mol. The van der Waals surface area contributed by atoms with Gasteiger partial charge in [0.05, 0.1) is 11.0 Å². The quantitative estimate of drug-likeness (QED) is 0.825. The third-order valence-electron chi connectivity index (χ3n) is 3.42. The van der Waals surface area contributed by atoms with Gasteiger partial charge in [-0.05, 0) is 18.6 Å². The number of nitrogens with zero attached hydrogens (tertiary/aromatic N) is 3. The van der Waals surface area contributed by atoms with Crippen molar-refractivity contribution in [3.8, 4) is 0 Å². The number of fused-ring (bicyclic) bond motifs is 1. The lowest BCUT2D eigenvalue weighted by molar-refractivity contribution is 0.238. The standard InChI is InChI=1S/C13H16N4O/c14-12-13(17-6-5-9(7-17)8-18)16-11-4-2-1-3-10(11)15-12/h1-4,9,18H,5-8H2,(H2,14,15). The number of nitrogen functional groups attached to an aromatic ring is 1. The van der Waals surface area contributed by atoms with Crippen molar-refractivity contribution in [3.05, 3.63) is 24.3 Å². The number of nitrogens with two attached hydrogens (primary N) is 1. The van der Waals surface area contributed by atoms with Crippen molar-refractivity contribution in [1.29, 1.82) is 0 Å². The SMILES string of the molecule is Nc1nc2ccccc2nc1N1CCC(CO)C1. The molecule has 1 aromatic heterocycles. The molecule has 1 aliphatic heterocycles. The smallest absolute Gasteiger partial charge is 0.172 e. The second-order valence-corrected chi connectivity index (χ2v) is 4.70. The molecule has 1 atom stereocenters. The molecule has 1 fully saturated rings. The first-order chi connectivity index (χ1) is 8.78. The van der Waals surface area contributed by atoms with Gasteiger partial charge < -0.3 is 15.7 Å². The van der Waals surface area contributed by atoms with E-state index < -0.39 is 0 Å². The summed E-state index contributed by atoms with van der Waals surface area (Å²) < 4.78 is 0. The molecule has 1 aromatic carbocycles. The summed E-state index contributed by atoms with van der Waals surface area (Å²) in [6.07, 6.45) is 0.977. The minimum absolute atomic E-state index is 0.220. The third kappa shape index (κ3) is 1.86. The second kappa shape index (κ2) is 4.42. The van der Waals surface area contributed by atoms with Gasteiger partial charge in [-0.1, -0.05) is 12.1 Å². The van der Waals surface area contributed by atoms with Gasteiger partial charge in [0.1, 0.15) is 0 Å². The minimum atomic E-state index is 0.220. The van der Waals surface area contributed by atoms with E-state index in [2.05, 4.69) is 14.9 Å². The summed E-state index contributed by atoms with van der Waals surface area (Å²) >= 11 is 0. The second-order valence-electron chi connectivity index (χ2n) is 4.70. The molecule has 0 aliphatic carbocycles. The van der Waals surface area contributed by atoms with Gasteiger partial charge in [0, 0.05) is 25.6 Å². The summed E-state index contributed by atoms with van der Waals surface area (Å²) in [5, 5.41) is 9.18. The Morgan fingerprint density at radius 1 is 1.28 bits per heavy atom. The zero-order chi connectivity index (χ0) is 12.5. The molecule has 0 amide bonds. The van der Waals surface area contributed by atoms with Crippen LogP contribution in [0.3, 0.4) is 0 Å².